The number of hydrogen-bond donors (Lipinski definition) is 1. The van der Waals surface area contributed by atoms with Gasteiger partial charge in [-0.2, -0.15) is 0 Å². The molecule has 10 heteroatoms. The van der Waals surface area contributed by atoms with E-state index in [1.165, 1.54) is 12.7 Å². The first-order valence-electron chi connectivity index (χ1n) is 9.47. The molecule has 0 saturated carbocycles. The minimum absolute atomic E-state index is 0.276. The van der Waals surface area contributed by atoms with Crippen molar-refractivity contribution in [1.29, 1.82) is 0 Å². The molecular formula is C20H19N5O5. The highest BCUT2D eigenvalue weighted by atomic mass is 16.8. The Hall–Kier alpha value is -3.21. The fraction of sp³-hybridized carbons (Fsp3) is 0.350. The quantitative estimate of drug-likeness (QED) is 0.647. The Balaban J connectivity index is 1.48. The van der Waals surface area contributed by atoms with Gasteiger partial charge in [0.1, 0.15) is 24.6 Å². The maximum absolute atomic E-state index is 12.5. The summed E-state index contributed by atoms with van der Waals surface area (Å²) >= 11 is 0. The number of benzene rings is 1. The van der Waals surface area contributed by atoms with Crippen molar-refractivity contribution in [3.05, 3.63) is 48.5 Å². The molecule has 1 amide bonds. The molecule has 2 aliphatic rings. The van der Waals surface area contributed by atoms with Gasteiger partial charge in [0.2, 0.25) is 0 Å². The van der Waals surface area contributed by atoms with Gasteiger partial charge in [-0.3, -0.25) is 9.36 Å². The third kappa shape index (κ3) is 3.05. The number of amides is 1. The molecule has 3 aromatic rings. The highest BCUT2D eigenvalue weighted by Crippen LogP contribution is 2.43. The van der Waals surface area contributed by atoms with Crippen LogP contribution in [-0.2, 0) is 19.0 Å². The predicted molar refractivity (Wildman–Crippen MR) is 104 cm³/mol. The predicted octanol–water partition coefficient (Wildman–Crippen LogP) is 1.69. The van der Waals surface area contributed by atoms with E-state index in [2.05, 4.69) is 20.3 Å². The molecule has 10 nitrogen and oxygen atoms in total. The fourth-order valence-electron chi connectivity index (χ4n) is 3.84. The SMILES string of the molecule is CC1(C)OC2[C@H](n3cnc4c(NC(=O)c5ccccc5)ncnc43)O[C@H](C=O)[C@H]2O1. The Bertz CT molecular complexity index is 1120. The molecule has 0 bridgehead atoms. The maximum atomic E-state index is 12.5. The topological polar surface area (TPSA) is 117 Å². The molecule has 0 aliphatic carbocycles. The number of fused-ring (bicyclic) bond motifs is 2. The number of aromatic nitrogens is 4. The van der Waals surface area contributed by atoms with Gasteiger partial charge in [0.25, 0.3) is 5.91 Å². The van der Waals surface area contributed by atoms with Crippen LogP contribution < -0.4 is 5.32 Å². The van der Waals surface area contributed by atoms with Crippen LogP contribution in [-0.4, -0.2) is 55.8 Å². The molecule has 154 valence electrons. The van der Waals surface area contributed by atoms with E-state index in [0.29, 0.717) is 23.0 Å². The van der Waals surface area contributed by atoms with Crippen molar-refractivity contribution in [3.63, 3.8) is 0 Å². The number of rotatable bonds is 4. The molecule has 30 heavy (non-hydrogen) atoms. The van der Waals surface area contributed by atoms with Crippen LogP contribution >= 0.6 is 0 Å². The van der Waals surface area contributed by atoms with Crippen LogP contribution in [0.25, 0.3) is 11.2 Å². The smallest absolute Gasteiger partial charge is 0.256 e. The van der Waals surface area contributed by atoms with Gasteiger partial charge in [0.15, 0.2) is 35.3 Å². The number of ether oxygens (including phenoxy) is 3. The summed E-state index contributed by atoms with van der Waals surface area (Å²) in [7, 11) is 0. The lowest BCUT2D eigenvalue weighted by Gasteiger charge is -2.23. The van der Waals surface area contributed by atoms with Gasteiger partial charge in [0.05, 0.1) is 6.33 Å². The first-order valence-corrected chi connectivity index (χ1v) is 9.47. The number of aldehydes is 1. The van der Waals surface area contributed by atoms with Crippen LogP contribution in [0.2, 0.25) is 0 Å². The van der Waals surface area contributed by atoms with Crippen LogP contribution in [0.5, 0.6) is 0 Å². The summed E-state index contributed by atoms with van der Waals surface area (Å²) in [5, 5.41) is 2.77. The molecular weight excluding hydrogens is 390 g/mol. The molecule has 1 aromatic carbocycles. The number of anilines is 1. The normalized spacial score (nSPS) is 27.1. The number of hydrogen-bond acceptors (Lipinski definition) is 8. The molecule has 5 rings (SSSR count). The average Bonchev–Trinajstić information content (AvgIpc) is 3.39. The van der Waals surface area contributed by atoms with Crippen LogP contribution in [0.1, 0.15) is 30.4 Å². The second-order valence-electron chi connectivity index (χ2n) is 7.56. The zero-order valence-electron chi connectivity index (χ0n) is 16.3. The van der Waals surface area contributed by atoms with Gasteiger partial charge in [-0.05, 0) is 26.0 Å². The van der Waals surface area contributed by atoms with Crippen molar-refractivity contribution >= 4 is 29.2 Å². The summed E-state index contributed by atoms with van der Waals surface area (Å²) in [6.45, 7) is 3.57. The van der Waals surface area contributed by atoms with Crippen molar-refractivity contribution in [2.75, 3.05) is 5.32 Å². The van der Waals surface area contributed by atoms with Crippen molar-refractivity contribution in [3.8, 4) is 0 Å². The third-order valence-electron chi connectivity index (χ3n) is 5.10. The molecule has 2 saturated heterocycles. The molecule has 2 aliphatic heterocycles. The number of carbonyl (C=O) groups excluding carboxylic acids is 2. The Morgan fingerprint density at radius 2 is 1.90 bits per heavy atom. The van der Waals surface area contributed by atoms with E-state index in [1.807, 2.05) is 6.07 Å². The summed E-state index contributed by atoms with van der Waals surface area (Å²) in [5.41, 5.74) is 1.34. The summed E-state index contributed by atoms with van der Waals surface area (Å²) in [4.78, 5) is 36.8. The zero-order chi connectivity index (χ0) is 20.9. The molecule has 0 spiro atoms. The van der Waals surface area contributed by atoms with Gasteiger partial charge in [0, 0.05) is 5.56 Å². The lowest BCUT2D eigenvalue weighted by Crippen LogP contribution is -2.30. The minimum Gasteiger partial charge on any atom is -0.341 e. The second kappa shape index (κ2) is 6.94. The molecule has 0 radical (unpaired) electrons. The molecule has 2 fully saturated rings. The molecule has 4 atom stereocenters. The Kier molecular flexibility index (Phi) is 4.35. The molecule has 1 N–H and O–H groups in total. The van der Waals surface area contributed by atoms with Crippen LogP contribution in [0.15, 0.2) is 43.0 Å². The summed E-state index contributed by atoms with van der Waals surface area (Å²) in [5.74, 6) is -0.866. The maximum Gasteiger partial charge on any atom is 0.256 e. The van der Waals surface area contributed by atoms with Crippen LogP contribution in [0.4, 0.5) is 5.82 Å². The highest BCUT2D eigenvalue weighted by Gasteiger charge is 2.56. The molecule has 2 aromatic heterocycles. The Morgan fingerprint density at radius 3 is 2.67 bits per heavy atom. The van der Waals surface area contributed by atoms with E-state index in [9.17, 15) is 9.59 Å². The van der Waals surface area contributed by atoms with E-state index in [0.717, 1.165) is 0 Å². The minimum atomic E-state index is -0.835. The van der Waals surface area contributed by atoms with Gasteiger partial charge < -0.3 is 24.3 Å². The van der Waals surface area contributed by atoms with Gasteiger partial charge in [-0.15, -0.1) is 0 Å². The standard InChI is InChI=1S/C20H19N5O5/c1-20(2)29-14-12(8-26)28-19(15(14)30-20)25-10-23-13-16(21-9-22-17(13)25)24-18(27)11-6-4-3-5-7-11/h3-10,12,14-15,19H,1-2H3,(H,21,22,24,27)/t12-,14-,15?,19-/m1/s1. The zero-order valence-corrected chi connectivity index (χ0v) is 16.3. The fourth-order valence-corrected chi connectivity index (χ4v) is 3.84. The first-order chi connectivity index (χ1) is 14.5. The summed E-state index contributed by atoms with van der Waals surface area (Å²) < 4.78 is 19.4. The van der Waals surface area contributed by atoms with Gasteiger partial charge >= 0.3 is 0 Å². The average molecular weight is 409 g/mol. The monoisotopic (exact) mass is 409 g/mol. The van der Waals surface area contributed by atoms with E-state index >= 15 is 0 Å². The summed E-state index contributed by atoms with van der Waals surface area (Å²) in [6, 6.07) is 8.80. The number of imidazole rings is 1. The van der Waals surface area contributed by atoms with E-state index < -0.39 is 30.3 Å². The number of carbonyl (C=O) groups is 2. The van der Waals surface area contributed by atoms with Crippen LogP contribution in [0.3, 0.4) is 0 Å². The highest BCUT2D eigenvalue weighted by molar-refractivity contribution is 6.06. The van der Waals surface area contributed by atoms with Crippen molar-refractivity contribution in [2.45, 2.75) is 44.2 Å². The second-order valence-corrected chi connectivity index (χ2v) is 7.56. The van der Waals surface area contributed by atoms with Crippen LogP contribution in [0, 0.1) is 0 Å². The van der Waals surface area contributed by atoms with E-state index in [4.69, 9.17) is 14.2 Å². The molecule has 4 heterocycles. The lowest BCUT2D eigenvalue weighted by molar-refractivity contribution is -0.194. The molecule has 1 unspecified atom stereocenters. The lowest BCUT2D eigenvalue weighted by atomic mass is 10.1. The van der Waals surface area contributed by atoms with Crippen molar-refractivity contribution < 1.29 is 23.8 Å². The van der Waals surface area contributed by atoms with Gasteiger partial charge in [-0.1, -0.05) is 18.2 Å². The largest absolute Gasteiger partial charge is 0.341 e. The Labute approximate surface area is 171 Å². The number of nitrogens with one attached hydrogen (secondary N) is 1. The van der Waals surface area contributed by atoms with Crippen molar-refractivity contribution in [1.82, 2.24) is 19.5 Å². The summed E-state index contributed by atoms with van der Waals surface area (Å²) in [6.07, 6.45) is 1.11. The third-order valence-corrected chi connectivity index (χ3v) is 5.10. The van der Waals surface area contributed by atoms with Crippen molar-refractivity contribution in [2.24, 2.45) is 0 Å². The van der Waals surface area contributed by atoms with E-state index in [1.54, 1.807) is 42.7 Å². The Morgan fingerprint density at radius 1 is 1.13 bits per heavy atom. The number of nitrogens with zero attached hydrogens (tertiary/aromatic N) is 4. The van der Waals surface area contributed by atoms with Gasteiger partial charge in [-0.25, -0.2) is 15.0 Å². The van der Waals surface area contributed by atoms with E-state index in [-0.39, 0.29) is 11.7 Å². The first kappa shape index (κ1) is 18.8.